The largest absolute Gasteiger partial charge is 0.356 e. The molecule has 0 unspecified atom stereocenters. The van der Waals surface area contributed by atoms with Crippen LogP contribution in [0.5, 0.6) is 0 Å². The number of rotatable bonds is 7. The molecule has 0 radical (unpaired) electrons. The van der Waals surface area contributed by atoms with Gasteiger partial charge in [0.15, 0.2) is 5.96 Å². The van der Waals surface area contributed by atoms with Gasteiger partial charge in [-0.2, -0.15) is 0 Å². The maximum absolute atomic E-state index is 12.0. The van der Waals surface area contributed by atoms with Crippen LogP contribution in [0.3, 0.4) is 0 Å². The molecule has 1 saturated carbocycles. The molecule has 1 saturated heterocycles. The number of nitrogens with zero attached hydrogens (tertiary/aromatic N) is 2. The fraction of sp³-hybridized carbons (Fsp3) is 0.895. The summed E-state index contributed by atoms with van der Waals surface area (Å²) in [6.07, 6.45) is 12.6. The van der Waals surface area contributed by atoms with Crippen LogP contribution in [0.15, 0.2) is 4.99 Å². The van der Waals surface area contributed by atoms with Gasteiger partial charge in [0.05, 0.1) is 6.54 Å². The Morgan fingerprint density at radius 3 is 2.36 bits per heavy atom. The number of carbonyl (C=O) groups excluding carboxylic acids is 1. The topological polar surface area (TPSA) is 68.8 Å². The third kappa shape index (κ3) is 8.56. The average Bonchev–Trinajstić information content (AvgIpc) is 2.91. The summed E-state index contributed by atoms with van der Waals surface area (Å²) in [6.45, 7) is 4.82. The first-order chi connectivity index (χ1) is 12.3. The minimum absolute atomic E-state index is 0.0689. The molecule has 0 aromatic carbocycles. The van der Waals surface area contributed by atoms with Crippen molar-refractivity contribution >= 4 is 11.9 Å². The first-order valence-electron chi connectivity index (χ1n) is 10.2. The molecule has 0 aromatic rings. The Labute approximate surface area is 153 Å². The van der Waals surface area contributed by atoms with Gasteiger partial charge in [-0.15, -0.1) is 0 Å². The molecule has 1 amide bonds. The summed E-state index contributed by atoms with van der Waals surface area (Å²) in [4.78, 5) is 18.8. The van der Waals surface area contributed by atoms with Gasteiger partial charge in [0.1, 0.15) is 0 Å². The molecule has 144 valence electrons. The highest BCUT2D eigenvalue weighted by Gasteiger charge is 2.15. The van der Waals surface area contributed by atoms with Crippen LogP contribution in [0.1, 0.15) is 64.2 Å². The molecule has 0 spiro atoms. The van der Waals surface area contributed by atoms with E-state index >= 15 is 0 Å². The van der Waals surface area contributed by atoms with Gasteiger partial charge in [0, 0.05) is 19.6 Å². The van der Waals surface area contributed by atoms with Crippen LogP contribution in [0.4, 0.5) is 0 Å². The van der Waals surface area contributed by atoms with Gasteiger partial charge in [0.2, 0.25) is 5.91 Å². The molecule has 1 heterocycles. The number of carbonyl (C=O) groups is 1. The number of amides is 1. The monoisotopic (exact) mass is 351 g/mol. The first kappa shape index (κ1) is 20.0. The predicted molar refractivity (Wildman–Crippen MR) is 104 cm³/mol. The lowest BCUT2D eigenvalue weighted by molar-refractivity contribution is -0.120. The summed E-state index contributed by atoms with van der Waals surface area (Å²) >= 11 is 0. The number of hydrogen-bond donors (Lipinski definition) is 3. The van der Waals surface area contributed by atoms with Crippen molar-refractivity contribution in [3.8, 4) is 0 Å². The fourth-order valence-electron chi connectivity index (χ4n) is 3.78. The molecule has 2 fully saturated rings. The molecular weight excluding hydrogens is 314 g/mol. The Hall–Kier alpha value is -1.30. The van der Waals surface area contributed by atoms with Crippen molar-refractivity contribution in [2.45, 2.75) is 70.3 Å². The van der Waals surface area contributed by atoms with Crippen molar-refractivity contribution in [1.29, 1.82) is 0 Å². The summed E-state index contributed by atoms with van der Waals surface area (Å²) in [5.74, 6) is 0.786. The third-order valence-electron chi connectivity index (χ3n) is 5.25. The number of likely N-dealkylation sites (tertiary alicyclic amines) is 1. The lowest BCUT2D eigenvalue weighted by Gasteiger charge is -2.23. The van der Waals surface area contributed by atoms with Crippen molar-refractivity contribution in [2.24, 2.45) is 4.99 Å². The minimum Gasteiger partial charge on any atom is -0.356 e. The Balaban J connectivity index is 1.54. The van der Waals surface area contributed by atoms with E-state index in [2.05, 4.69) is 25.8 Å². The Morgan fingerprint density at radius 1 is 1.00 bits per heavy atom. The summed E-state index contributed by atoms with van der Waals surface area (Å²) in [7, 11) is 1.75. The second-order valence-electron chi connectivity index (χ2n) is 7.36. The van der Waals surface area contributed by atoms with Gasteiger partial charge in [-0.25, -0.2) is 0 Å². The highest BCUT2D eigenvalue weighted by atomic mass is 16.2. The van der Waals surface area contributed by atoms with E-state index in [1.54, 1.807) is 7.05 Å². The number of guanidine groups is 1. The standard InChI is InChI=1S/C19H37N5O/c1-20-19(21-12-9-15-24-13-7-2-3-8-14-24)22-16-18(25)23-17-10-5-4-6-11-17/h17H,2-16H2,1H3,(H,23,25)(H2,20,21,22). The van der Waals surface area contributed by atoms with Crippen LogP contribution in [0.25, 0.3) is 0 Å². The lowest BCUT2D eigenvalue weighted by Crippen LogP contribution is -2.46. The van der Waals surface area contributed by atoms with Gasteiger partial charge in [-0.3, -0.25) is 9.79 Å². The van der Waals surface area contributed by atoms with Crippen molar-refractivity contribution in [2.75, 3.05) is 39.8 Å². The van der Waals surface area contributed by atoms with Crippen molar-refractivity contribution in [1.82, 2.24) is 20.9 Å². The third-order valence-corrected chi connectivity index (χ3v) is 5.25. The quantitative estimate of drug-likeness (QED) is 0.372. The molecule has 1 aliphatic heterocycles. The zero-order chi connectivity index (χ0) is 17.7. The zero-order valence-electron chi connectivity index (χ0n) is 16.0. The molecule has 0 aromatic heterocycles. The van der Waals surface area contributed by atoms with Crippen LogP contribution in [-0.2, 0) is 4.79 Å². The fourth-order valence-corrected chi connectivity index (χ4v) is 3.78. The highest BCUT2D eigenvalue weighted by Crippen LogP contribution is 2.17. The smallest absolute Gasteiger partial charge is 0.239 e. The Bertz CT molecular complexity index is 399. The molecular formula is C19H37N5O. The van der Waals surface area contributed by atoms with Gasteiger partial charge in [-0.1, -0.05) is 32.1 Å². The van der Waals surface area contributed by atoms with Crippen LogP contribution >= 0.6 is 0 Å². The molecule has 2 aliphatic rings. The second-order valence-corrected chi connectivity index (χ2v) is 7.36. The van der Waals surface area contributed by atoms with E-state index in [1.807, 2.05) is 0 Å². The van der Waals surface area contributed by atoms with E-state index in [1.165, 1.54) is 58.0 Å². The maximum atomic E-state index is 12.0. The summed E-state index contributed by atoms with van der Waals surface area (Å²) in [5, 5.41) is 9.56. The van der Waals surface area contributed by atoms with Crippen LogP contribution in [-0.4, -0.2) is 62.6 Å². The van der Waals surface area contributed by atoms with Gasteiger partial charge in [-0.05, 0) is 51.7 Å². The molecule has 25 heavy (non-hydrogen) atoms. The van der Waals surface area contributed by atoms with E-state index in [-0.39, 0.29) is 5.91 Å². The molecule has 1 aliphatic carbocycles. The second kappa shape index (κ2) is 12.1. The highest BCUT2D eigenvalue weighted by molar-refractivity contribution is 5.86. The predicted octanol–water partition coefficient (Wildman–Crippen LogP) is 1.87. The van der Waals surface area contributed by atoms with Crippen molar-refractivity contribution < 1.29 is 4.79 Å². The van der Waals surface area contributed by atoms with E-state index in [0.717, 1.165) is 38.3 Å². The first-order valence-corrected chi connectivity index (χ1v) is 10.2. The van der Waals surface area contributed by atoms with Crippen LogP contribution in [0, 0.1) is 0 Å². The number of hydrogen-bond acceptors (Lipinski definition) is 3. The van der Waals surface area contributed by atoms with Crippen molar-refractivity contribution in [3.63, 3.8) is 0 Å². The van der Waals surface area contributed by atoms with Gasteiger partial charge < -0.3 is 20.9 Å². The molecule has 6 heteroatoms. The van der Waals surface area contributed by atoms with Crippen molar-refractivity contribution in [3.05, 3.63) is 0 Å². The summed E-state index contributed by atoms with van der Waals surface area (Å²) < 4.78 is 0. The number of aliphatic imine (C=N–C) groups is 1. The average molecular weight is 352 g/mol. The Kier molecular flexibility index (Phi) is 9.70. The molecule has 0 bridgehead atoms. The molecule has 0 atom stereocenters. The summed E-state index contributed by atoms with van der Waals surface area (Å²) in [5.41, 5.74) is 0. The maximum Gasteiger partial charge on any atom is 0.239 e. The molecule has 6 nitrogen and oxygen atoms in total. The van der Waals surface area contributed by atoms with Gasteiger partial charge in [0.25, 0.3) is 0 Å². The Morgan fingerprint density at radius 2 is 1.68 bits per heavy atom. The van der Waals surface area contributed by atoms with Crippen LogP contribution in [0.2, 0.25) is 0 Å². The van der Waals surface area contributed by atoms with Gasteiger partial charge >= 0.3 is 0 Å². The summed E-state index contributed by atoms with van der Waals surface area (Å²) in [6, 6.07) is 0.367. The SMILES string of the molecule is CN=C(NCCCN1CCCCCC1)NCC(=O)NC1CCCCC1. The zero-order valence-corrected chi connectivity index (χ0v) is 16.0. The molecule has 3 N–H and O–H groups in total. The van der Waals surface area contributed by atoms with E-state index in [9.17, 15) is 4.79 Å². The lowest BCUT2D eigenvalue weighted by atomic mass is 9.95. The number of nitrogens with one attached hydrogen (secondary N) is 3. The molecule has 2 rings (SSSR count). The van der Waals surface area contributed by atoms with E-state index < -0.39 is 0 Å². The van der Waals surface area contributed by atoms with Crippen LogP contribution < -0.4 is 16.0 Å². The van der Waals surface area contributed by atoms with E-state index in [0.29, 0.717) is 12.6 Å². The minimum atomic E-state index is 0.0689. The van der Waals surface area contributed by atoms with E-state index in [4.69, 9.17) is 0 Å². The normalized spacial score (nSPS) is 20.8.